The van der Waals surface area contributed by atoms with Crippen molar-refractivity contribution in [2.75, 3.05) is 14.2 Å². The zero-order valence-electron chi connectivity index (χ0n) is 20.9. The van der Waals surface area contributed by atoms with Crippen LogP contribution < -0.4 is 9.47 Å². The van der Waals surface area contributed by atoms with Crippen molar-refractivity contribution in [2.24, 2.45) is 17.8 Å². The molecule has 2 nitrogen and oxygen atoms in total. The van der Waals surface area contributed by atoms with E-state index < -0.39 is 0 Å². The van der Waals surface area contributed by atoms with Gasteiger partial charge in [0.05, 0.1) is 14.2 Å². The second-order valence-electron chi connectivity index (χ2n) is 9.77. The van der Waals surface area contributed by atoms with Crippen LogP contribution in [0.15, 0.2) is 29.8 Å². The molecule has 2 heteroatoms. The standard InChI is InChI=1S/C28H48O2/c1-22(2)12-8-13-23(3)14-9-15-24(4)16-10-17-25(5)20-21-26-18-11-19-27(29-6)28(26)30-7/h11,18-20,22-24H,8-10,12-17,21H2,1-7H3. The summed E-state index contributed by atoms with van der Waals surface area (Å²) < 4.78 is 10.9. The minimum absolute atomic E-state index is 0.809. The molecule has 0 fully saturated rings. The average Bonchev–Trinajstić information content (AvgIpc) is 2.71. The summed E-state index contributed by atoms with van der Waals surface area (Å²) in [4.78, 5) is 0. The third kappa shape index (κ3) is 11.1. The lowest BCUT2D eigenvalue weighted by molar-refractivity contribution is 0.352. The summed E-state index contributed by atoms with van der Waals surface area (Å²) in [6.45, 7) is 11.8. The van der Waals surface area contributed by atoms with E-state index in [1.54, 1.807) is 14.2 Å². The van der Waals surface area contributed by atoms with Gasteiger partial charge in [-0.05, 0) is 50.0 Å². The molecule has 0 aliphatic heterocycles. The zero-order valence-corrected chi connectivity index (χ0v) is 20.9. The van der Waals surface area contributed by atoms with Crippen molar-refractivity contribution in [1.29, 1.82) is 0 Å². The van der Waals surface area contributed by atoms with E-state index in [-0.39, 0.29) is 0 Å². The summed E-state index contributed by atoms with van der Waals surface area (Å²) in [5.74, 6) is 4.27. The van der Waals surface area contributed by atoms with Gasteiger partial charge < -0.3 is 9.47 Å². The third-order valence-electron chi connectivity index (χ3n) is 6.30. The summed E-state index contributed by atoms with van der Waals surface area (Å²) in [7, 11) is 3.41. The number of allylic oxidation sites excluding steroid dienone is 2. The van der Waals surface area contributed by atoms with Gasteiger partial charge in [0.15, 0.2) is 11.5 Å². The predicted molar refractivity (Wildman–Crippen MR) is 132 cm³/mol. The van der Waals surface area contributed by atoms with Gasteiger partial charge in [-0.15, -0.1) is 0 Å². The smallest absolute Gasteiger partial charge is 0.164 e. The number of hydrogen-bond acceptors (Lipinski definition) is 2. The Bertz CT molecular complexity index is 603. The molecular formula is C28H48O2. The first-order valence-electron chi connectivity index (χ1n) is 12.2. The Morgan fingerprint density at radius 1 is 0.833 bits per heavy atom. The minimum atomic E-state index is 0.809. The minimum Gasteiger partial charge on any atom is -0.493 e. The van der Waals surface area contributed by atoms with E-state index in [1.165, 1.54) is 68.9 Å². The molecule has 1 aromatic carbocycles. The molecule has 0 spiro atoms. The second kappa shape index (κ2) is 15.4. The molecule has 0 saturated carbocycles. The van der Waals surface area contributed by atoms with Crippen LogP contribution in [-0.4, -0.2) is 14.2 Å². The molecule has 0 aliphatic rings. The molecule has 0 aromatic heterocycles. The Kier molecular flexibility index (Phi) is 13.6. The van der Waals surface area contributed by atoms with Crippen molar-refractivity contribution in [1.82, 2.24) is 0 Å². The lowest BCUT2D eigenvalue weighted by Crippen LogP contribution is -2.00. The second-order valence-corrected chi connectivity index (χ2v) is 9.77. The van der Waals surface area contributed by atoms with Gasteiger partial charge in [-0.25, -0.2) is 0 Å². The van der Waals surface area contributed by atoms with E-state index in [0.29, 0.717) is 0 Å². The number of benzene rings is 1. The number of methoxy groups -OCH3 is 2. The van der Waals surface area contributed by atoms with Crippen LogP contribution in [0.3, 0.4) is 0 Å². The van der Waals surface area contributed by atoms with E-state index >= 15 is 0 Å². The highest BCUT2D eigenvalue weighted by molar-refractivity contribution is 5.47. The van der Waals surface area contributed by atoms with E-state index in [4.69, 9.17) is 9.47 Å². The Morgan fingerprint density at radius 2 is 1.43 bits per heavy atom. The molecule has 0 bridgehead atoms. The van der Waals surface area contributed by atoms with Gasteiger partial charge in [0.1, 0.15) is 0 Å². The van der Waals surface area contributed by atoms with Crippen LogP contribution in [0.1, 0.15) is 98.0 Å². The van der Waals surface area contributed by atoms with Crippen molar-refractivity contribution in [2.45, 2.75) is 98.8 Å². The van der Waals surface area contributed by atoms with E-state index in [2.05, 4.69) is 46.8 Å². The van der Waals surface area contributed by atoms with Gasteiger partial charge in [0.2, 0.25) is 0 Å². The van der Waals surface area contributed by atoms with Gasteiger partial charge in [0.25, 0.3) is 0 Å². The van der Waals surface area contributed by atoms with Crippen LogP contribution in [0.4, 0.5) is 0 Å². The van der Waals surface area contributed by atoms with E-state index in [1.807, 2.05) is 12.1 Å². The largest absolute Gasteiger partial charge is 0.493 e. The highest BCUT2D eigenvalue weighted by atomic mass is 16.5. The average molecular weight is 417 g/mol. The van der Waals surface area contributed by atoms with Gasteiger partial charge in [-0.2, -0.15) is 0 Å². The summed E-state index contributed by atoms with van der Waals surface area (Å²) in [5, 5.41) is 0. The van der Waals surface area contributed by atoms with Crippen molar-refractivity contribution in [3.8, 4) is 11.5 Å². The molecule has 2 unspecified atom stereocenters. The summed E-state index contributed by atoms with van der Waals surface area (Å²) in [6.07, 6.45) is 15.5. The van der Waals surface area contributed by atoms with Crippen LogP contribution in [0.5, 0.6) is 11.5 Å². The van der Waals surface area contributed by atoms with Gasteiger partial charge in [0, 0.05) is 5.56 Å². The molecule has 0 amide bonds. The van der Waals surface area contributed by atoms with Crippen molar-refractivity contribution >= 4 is 0 Å². The highest BCUT2D eigenvalue weighted by Gasteiger charge is 2.09. The summed E-state index contributed by atoms with van der Waals surface area (Å²) in [6, 6.07) is 6.11. The van der Waals surface area contributed by atoms with E-state index in [9.17, 15) is 0 Å². The van der Waals surface area contributed by atoms with Crippen LogP contribution in [0.25, 0.3) is 0 Å². The fraction of sp³-hybridized carbons (Fsp3) is 0.714. The SMILES string of the molecule is COc1cccc(CC=C(C)CCCC(C)CCCC(C)CCCC(C)C)c1OC. The van der Waals surface area contributed by atoms with Crippen molar-refractivity contribution in [3.63, 3.8) is 0 Å². The molecule has 0 radical (unpaired) electrons. The highest BCUT2D eigenvalue weighted by Crippen LogP contribution is 2.31. The molecule has 1 rings (SSSR count). The van der Waals surface area contributed by atoms with E-state index in [0.717, 1.165) is 35.7 Å². The topological polar surface area (TPSA) is 18.5 Å². The monoisotopic (exact) mass is 416 g/mol. The maximum absolute atomic E-state index is 5.54. The molecule has 0 aliphatic carbocycles. The number of para-hydroxylation sites is 1. The molecular weight excluding hydrogens is 368 g/mol. The summed E-state index contributed by atoms with van der Waals surface area (Å²) >= 11 is 0. The Hall–Kier alpha value is -1.44. The molecule has 30 heavy (non-hydrogen) atoms. The fourth-order valence-corrected chi connectivity index (χ4v) is 4.21. The molecule has 2 atom stereocenters. The third-order valence-corrected chi connectivity index (χ3v) is 6.30. The zero-order chi connectivity index (χ0) is 22.4. The van der Waals surface area contributed by atoms with Crippen LogP contribution >= 0.6 is 0 Å². The Balaban J connectivity index is 2.25. The predicted octanol–water partition coefficient (Wildman–Crippen LogP) is 8.63. The Labute approximate surface area is 187 Å². The normalized spacial score (nSPS) is 14.1. The van der Waals surface area contributed by atoms with Gasteiger partial charge in [-0.3, -0.25) is 0 Å². The molecule has 172 valence electrons. The maximum Gasteiger partial charge on any atom is 0.164 e. The molecule has 0 saturated heterocycles. The number of hydrogen-bond donors (Lipinski definition) is 0. The summed E-state index contributed by atoms with van der Waals surface area (Å²) in [5.41, 5.74) is 2.66. The molecule has 1 aromatic rings. The van der Waals surface area contributed by atoms with Crippen LogP contribution in [0, 0.1) is 17.8 Å². The van der Waals surface area contributed by atoms with Crippen LogP contribution in [0.2, 0.25) is 0 Å². The van der Waals surface area contributed by atoms with Crippen molar-refractivity contribution < 1.29 is 9.47 Å². The molecule has 0 heterocycles. The first-order chi connectivity index (χ1) is 14.4. The lowest BCUT2D eigenvalue weighted by atomic mass is 9.91. The molecule has 0 N–H and O–H groups in total. The van der Waals surface area contributed by atoms with Crippen molar-refractivity contribution in [3.05, 3.63) is 35.4 Å². The number of rotatable bonds is 16. The first-order valence-corrected chi connectivity index (χ1v) is 12.2. The lowest BCUT2D eigenvalue weighted by Gasteiger charge is -2.15. The Morgan fingerprint density at radius 3 is 2.00 bits per heavy atom. The van der Waals surface area contributed by atoms with Gasteiger partial charge >= 0.3 is 0 Å². The maximum atomic E-state index is 5.54. The van der Waals surface area contributed by atoms with Gasteiger partial charge in [-0.1, -0.05) is 96.4 Å². The fourth-order valence-electron chi connectivity index (χ4n) is 4.21. The number of ether oxygens (including phenoxy) is 2. The quantitative estimate of drug-likeness (QED) is 0.251. The first kappa shape index (κ1) is 26.6. The van der Waals surface area contributed by atoms with Crippen LogP contribution in [-0.2, 0) is 6.42 Å².